The third kappa shape index (κ3) is 4.62. The first-order valence-electron chi connectivity index (χ1n) is 7.35. The van der Waals surface area contributed by atoms with Crippen LogP contribution in [-0.4, -0.2) is 42.2 Å². The number of benzene rings is 1. The molecule has 0 spiro atoms. The van der Waals surface area contributed by atoms with Gasteiger partial charge in [0.2, 0.25) is 0 Å². The molecule has 1 unspecified atom stereocenters. The largest absolute Gasteiger partial charge is 0.481 e. The van der Waals surface area contributed by atoms with Gasteiger partial charge in [-0.2, -0.15) is 0 Å². The zero-order valence-electron chi connectivity index (χ0n) is 12.1. The van der Waals surface area contributed by atoms with Crippen molar-refractivity contribution in [1.82, 2.24) is 10.2 Å². The van der Waals surface area contributed by atoms with Gasteiger partial charge in [-0.1, -0.05) is 30.7 Å². The molecule has 1 aliphatic heterocycles. The Hall–Kier alpha value is -1.39. The number of carboxylic acids is 1. The van der Waals surface area contributed by atoms with Crippen LogP contribution in [0.2, 0.25) is 0 Å². The number of carboxylic acid groups (broad SMARTS) is 1. The van der Waals surface area contributed by atoms with Crippen LogP contribution < -0.4 is 5.32 Å². The molecule has 1 atom stereocenters. The zero-order valence-corrected chi connectivity index (χ0v) is 12.1. The molecule has 110 valence electrons. The number of carbonyl (C=O) groups is 1. The monoisotopic (exact) mass is 276 g/mol. The Morgan fingerprint density at radius 1 is 1.35 bits per heavy atom. The van der Waals surface area contributed by atoms with Gasteiger partial charge in [-0.15, -0.1) is 0 Å². The molecular weight excluding hydrogens is 252 g/mol. The third-order valence-electron chi connectivity index (χ3n) is 3.84. The Balaban J connectivity index is 1.92. The number of hydrogen-bond acceptors (Lipinski definition) is 3. The van der Waals surface area contributed by atoms with E-state index >= 15 is 0 Å². The average molecular weight is 276 g/mol. The number of likely N-dealkylation sites (N-methyl/N-ethyl adjacent to an activating group) is 1. The minimum atomic E-state index is -0.769. The number of rotatable bonds is 6. The normalized spacial score (nSPS) is 19.2. The molecule has 0 aromatic heterocycles. The van der Waals surface area contributed by atoms with E-state index < -0.39 is 5.97 Å². The molecule has 0 aliphatic carbocycles. The summed E-state index contributed by atoms with van der Waals surface area (Å²) in [7, 11) is 2.10. The SMILES string of the molecule is CN(Cc1ccccc1CC(=O)O)CC1CCCCN1. The van der Waals surface area contributed by atoms with Gasteiger partial charge in [0.05, 0.1) is 6.42 Å². The first-order chi connectivity index (χ1) is 9.65. The van der Waals surface area contributed by atoms with Gasteiger partial charge in [0, 0.05) is 19.1 Å². The molecule has 0 amide bonds. The van der Waals surface area contributed by atoms with Crippen molar-refractivity contribution < 1.29 is 9.90 Å². The lowest BCUT2D eigenvalue weighted by Crippen LogP contribution is -2.42. The van der Waals surface area contributed by atoms with E-state index in [9.17, 15) is 4.79 Å². The van der Waals surface area contributed by atoms with Gasteiger partial charge in [0.15, 0.2) is 0 Å². The van der Waals surface area contributed by atoms with Crippen LogP contribution in [0.25, 0.3) is 0 Å². The van der Waals surface area contributed by atoms with Crippen molar-refractivity contribution in [3.63, 3.8) is 0 Å². The summed E-state index contributed by atoms with van der Waals surface area (Å²) >= 11 is 0. The lowest BCUT2D eigenvalue weighted by molar-refractivity contribution is -0.136. The molecule has 0 bridgehead atoms. The molecule has 2 rings (SSSR count). The summed E-state index contributed by atoms with van der Waals surface area (Å²) < 4.78 is 0. The highest BCUT2D eigenvalue weighted by Crippen LogP contribution is 2.14. The summed E-state index contributed by atoms with van der Waals surface area (Å²) in [5, 5.41) is 12.5. The van der Waals surface area contributed by atoms with Crippen LogP contribution in [0.3, 0.4) is 0 Å². The Kier molecular flexibility index (Phi) is 5.56. The summed E-state index contributed by atoms with van der Waals surface area (Å²) in [5.74, 6) is -0.769. The smallest absolute Gasteiger partial charge is 0.307 e. The van der Waals surface area contributed by atoms with E-state index in [1.54, 1.807) is 0 Å². The molecule has 0 saturated carbocycles. The molecule has 1 aromatic rings. The predicted molar refractivity (Wildman–Crippen MR) is 79.8 cm³/mol. The molecule has 2 N–H and O–H groups in total. The maximum absolute atomic E-state index is 10.9. The van der Waals surface area contributed by atoms with Gasteiger partial charge in [-0.3, -0.25) is 4.79 Å². The lowest BCUT2D eigenvalue weighted by atomic mass is 10.0. The average Bonchev–Trinajstić information content (AvgIpc) is 2.41. The Morgan fingerprint density at radius 3 is 2.75 bits per heavy atom. The zero-order chi connectivity index (χ0) is 14.4. The standard InChI is InChI=1S/C16H24N2O2/c1-18(12-15-8-4-5-9-17-15)11-14-7-3-2-6-13(14)10-16(19)20/h2-3,6-7,15,17H,4-5,8-12H2,1H3,(H,19,20). The maximum Gasteiger partial charge on any atom is 0.307 e. The van der Waals surface area contributed by atoms with E-state index in [0.29, 0.717) is 6.04 Å². The predicted octanol–water partition coefficient (Wildman–Crippen LogP) is 1.89. The summed E-state index contributed by atoms with van der Waals surface area (Å²) in [6.45, 7) is 2.94. The Morgan fingerprint density at radius 2 is 2.10 bits per heavy atom. The van der Waals surface area contributed by atoms with E-state index in [0.717, 1.165) is 30.8 Å². The molecule has 1 fully saturated rings. The fourth-order valence-corrected chi connectivity index (χ4v) is 2.86. The lowest BCUT2D eigenvalue weighted by Gasteiger charge is -2.28. The molecular formula is C16H24N2O2. The second-order valence-corrected chi connectivity index (χ2v) is 5.68. The van der Waals surface area contributed by atoms with Gasteiger partial charge in [0.1, 0.15) is 0 Å². The number of hydrogen-bond donors (Lipinski definition) is 2. The van der Waals surface area contributed by atoms with Crippen molar-refractivity contribution in [2.45, 2.75) is 38.3 Å². The molecule has 1 heterocycles. The van der Waals surface area contributed by atoms with E-state index in [1.807, 2.05) is 24.3 Å². The molecule has 20 heavy (non-hydrogen) atoms. The minimum absolute atomic E-state index is 0.103. The summed E-state index contributed by atoms with van der Waals surface area (Å²) in [6.07, 6.45) is 3.93. The minimum Gasteiger partial charge on any atom is -0.481 e. The van der Waals surface area contributed by atoms with Crippen LogP contribution in [0.4, 0.5) is 0 Å². The van der Waals surface area contributed by atoms with Crippen molar-refractivity contribution in [1.29, 1.82) is 0 Å². The van der Waals surface area contributed by atoms with E-state index in [2.05, 4.69) is 17.3 Å². The molecule has 1 aromatic carbocycles. The van der Waals surface area contributed by atoms with Gasteiger partial charge in [-0.05, 0) is 37.6 Å². The van der Waals surface area contributed by atoms with Crippen molar-refractivity contribution in [3.8, 4) is 0 Å². The fraction of sp³-hybridized carbons (Fsp3) is 0.562. The molecule has 0 radical (unpaired) electrons. The fourth-order valence-electron chi connectivity index (χ4n) is 2.86. The van der Waals surface area contributed by atoms with Crippen LogP contribution in [0.15, 0.2) is 24.3 Å². The highest BCUT2D eigenvalue weighted by molar-refractivity contribution is 5.70. The van der Waals surface area contributed by atoms with E-state index in [4.69, 9.17) is 5.11 Å². The Bertz CT molecular complexity index is 442. The second-order valence-electron chi connectivity index (χ2n) is 5.68. The molecule has 4 heteroatoms. The number of piperidine rings is 1. The molecule has 1 aliphatic rings. The third-order valence-corrected chi connectivity index (χ3v) is 3.84. The first kappa shape index (κ1) is 15.0. The van der Waals surface area contributed by atoms with Gasteiger partial charge >= 0.3 is 5.97 Å². The highest BCUT2D eigenvalue weighted by Gasteiger charge is 2.15. The van der Waals surface area contributed by atoms with Crippen LogP contribution >= 0.6 is 0 Å². The van der Waals surface area contributed by atoms with Gasteiger partial charge in [-0.25, -0.2) is 0 Å². The van der Waals surface area contributed by atoms with Crippen molar-refractivity contribution in [2.75, 3.05) is 20.1 Å². The summed E-state index contributed by atoms with van der Waals surface area (Å²) in [4.78, 5) is 13.2. The molecule has 1 saturated heterocycles. The first-order valence-corrected chi connectivity index (χ1v) is 7.35. The van der Waals surface area contributed by atoms with Crippen LogP contribution in [0, 0.1) is 0 Å². The van der Waals surface area contributed by atoms with Crippen molar-refractivity contribution >= 4 is 5.97 Å². The Labute approximate surface area is 120 Å². The van der Waals surface area contributed by atoms with E-state index in [-0.39, 0.29) is 6.42 Å². The number of aliphatic carboxylic acids is 1. The highest BCUT2D eigenvalue weighted by atomic mass is 16.4. The number of nitrogens with zero attached hydrogens (tertiary/aromatic N) is 1. The number of nitrogens with one attached hydrogen (secondary N) is 1. The summed E-state index contributed by atoms with van der Waals surface area (Å²) in [6, 6.07) is 8.40. The van der Waals surface area contributed by atoms with Crippen LogP contribution in [0.1, 0.15) is 30.4 Å². The summed E-state index contributed by atoms with van der Waals surface area (Å²) in [5.41, 5.74) is 2.04. The quantitative estimate of drug-likeness (QED) is 0.833. The van der Waals surface area contributed by atoms with E-state index in [1.165, 1.54) is 19.3 Å². The molecule has 4 nitrogen and oxygen atoms in total. The van der Waals surface area contributed by atoms with Crippen LogP contribution in [-0.2, 0) is 17.8 Å². The van der Waals surface area contributed by atoms with Crippen molar-refractivity contribution in [3.05, 3.63) is 35.4 Å². The maximum atomic E-state index is 10.9. The van der Waals surface area contributed by atoms with Gasteiger partial charge in [0.25, 0.3) is 0 Å². The second kappa shape index (κ2) is 7.41. The van der Waals surface area contributed by atoms with Crippen LogP contribution in [0.5, 0.6) is 0 Å². The topological polar surface area (TPSA) is 52.6 Å². The van der Waals surface area contributed by atoms with Gasteiger partial charge < -0.3 is 15.3 Å². The van der Waals surface area contributed by atoms with Crippen molar-refractivity contribution in [2.24, 2.45) is 0 Å².